The normalized spacial score (nSPS) is 19.3. The molecule has 5 nitrogen and oxygen atoms in total. The molecule has 0 saturated carbocycles. The van der Waals surface area contributed by atoms with Crippen molar-refractivity contribution in [1.29, 1.82) is 0 Å². The Balaban J connectivity index is 2.19. The highest BCUT2D eigenvalue weighted by atomic mass is 32.2. The number of hydrogen-bond donors (Lipinski definition) is 1. The number of aliphatic hydroxyl groups excluding tert-OH is 1. The molecule has 1 atom stereocenters. The first-order valence-corrected chi connectivity index (χ1v) is 6.51. The first-order valence-electron chi connectivity index (χ1n) is 5.63. The second kappa shape index (κ2) is 5.49. The summed E-state index contributed by atoms with van der Waals surface area (Å²) >= 11 is 1.19. The van der Waals surface area contributed by atoms with E-state index in [0.717, 1.165) is 0 Å². The summed E-state index contributed by atoms with van der Waals surface area (Å²) in [4.78, 5) is 28.6. The van der Waals surface area contributed by atoms with Crippen molar-refractivity contribution in [2.24, 2.45) is 0 Å². The minimum Gasteiger partial charge on any atom is -0.392 e. The summed E-state index contributed by atoms with van der Waals surface area (Å²) in [7, 11) is 0. The van der Waals surface area contributed by atoms with Crippen LogP contribution in [0.3, 0.4) is 0 Å². The van der Waals surface area contributed by atoms with Crippen LogP contribution in [-0.4, -0.2) is 32.9 Å². The summed E-state index contributed by atoms with van der Waals surface area (Å²) in [5.41, 5.74) is 1.31. The van der Waals surface area contributed by atoms with Gasteiger partial charge in [0, 0.05) is 36.9 Å². The zero-order valence-electron chi connectivity index (χ0n) is 10.00. The van der Waals surface area contributed by atoms with Gasteiger partial charge in [0.25, 0.3) is 0 Å². The fraction of sp³-hybridized carbons (Fsp3) is 0.417. The van der Waals surface area contributed by atoms with E-state index < -0.39 is 0 Å². The molecule has 1 fully saturated rings. The predicted octanol–water partition coefficient (Wildman–Crippen LogP) is 0.959. The van der Waals surface area contributed by atoms with Crippen molar-refractivity contribution in [1.82, 2.24) is 4.98 Å². The Morgan fingerprint density at radius 3 is 3.11 bits per heavy atom. The summed E-state index contributed by atoms with van der Waals surface area (Å²) in [6.45, 7) is 1.86. The SMILES string of the molecule is CC(=O)SC1CC(=O)N(c2cnccc2CO)C1. The van der Waals surface area contributed by atoms with E-state index in [1.54, 1.807) is 23.4 Å². The molecule has 1 aromatic rings. The molecule has 2 heterocycles. The molecule has 0 aliphatic carbocycles. The van der Waals surface area contributed by atoms with Crippen molar-refractivity contribution in [2.45, 2.75) is 25.2 Å². The fourth-order valence-corrected chi connectivity index (χ4v) is 2.93. The molecular formula is C12H14N2O3S. The fourth-order valence-electron chi connectivity index (χ4n) is 2.01. The summed E-state index contributed by atoms with van der Waals surface area (Å²) in [5.74, 6) is -0.0311. The van der Waals surface area contributed by atoms with Gasteiger partial charge < -0.3 is 10.0 Å². The molecule has 1 saturated heterocycles. The van der Waals surface area contributed by atoms with Crippen LogP contribution in [0.15, 0.2) is 18.5 Å². The molecule has 0 bridgehead atoms. The van der Waals surface area contributed by atoms with Crippen LogP contribution in [0.25, 0.3) is 0 Å². The highest BCUT2D eigenvalue weighted by Crippen LogP contribution is 2.30. The largest absolute Gasteiger partial charge is 0.392 e. The number of thioether (sulfide) groups is 1. The molecule has 18 heavy (non-hydrogen) atoms. The molecule has 1 aromatic heterocycles. The van der Waals surface area contributed by atoms with E-state index >= 15 is 0 Å². The van der Waals surface area contributed by atoms with Gasteiger partial charge in [0.05, 0.1) is 18.5 Å². The van der Waals surface area contributed by atoms with E-state index in [2.05, 4.69) is 4.98 Å². The van der Waals surface area contributed by atoms with Crippen LogP contribution in [0.1, 0.15) is 18.9 Å². The summed E-state index contributed by atoms with van der Waals surface area (Å²) < 4.78 is 0. The zero-order valence-corrected chi connectivity index (χ0v) is 10.8. The average Bonchev–Trinajstić information content (AvgIpc) is 2.69. The van der Waals surface area contributed by atoms with Gasteiger partial charge in [0.1, 0.15) is 0 Å². The van der Waals surface area contributed by atoms with Gasteiger partial charge in [-0.25, -0.2) is 0 Å². The number of carbonyl (C=O) groups is 2. The lowest BCUT2D eigenvalue weighted by Gasteiger charge is -2.18. The third kappa shape index (κ3) is 2.70. The monoisotopic (exact) mass is 266 g/mol. The zero-order chi connectivity index (χ0) is 13.1. The number of pyridine rings is 1. The topological polar surface area (TPSA) is 70.5 Å². The number of hydrogen-bond acceptors (Lipinski definition) is 5. The lowest BCUT2D eigenvalue weighted by molar-refractivity contribution is -0.117. The molecule has 6 heteroatoms. The number of aliphatic hydroxyl groups is 1. The second-order valence-corrected chi connectivity index (χ2v) is 5.58. The number of anilines is 1. The van der Waals surface area contributed by atoms with E-state index in [1.807, 2.05) is 0 Å². The Morgan fingerprint density at radius 1 is 1.67 bits per heavy atom. The molecule has 1 aliphatic rings. The molecule has 1 aliphatic heterocycles. The van der Waals surface area contributed by atoms with E-state index in [1.165, 1.54) is 18.7 Å². The van der Waals surface area contributed by atoms with Crippen molar-refractivity contribution in [3.63, 3.8) is 0 Å². The first-order chi connectivity index (χ1) is 8.61. The number of rotatable bonds is 3. The number of aromatic nitrogens is 1. The maximum atomic E-state index is 11.9. The summed E-state index contributed by atoms with van der Waals surface area (Å²) in [5, 5.41) is 9.26. The highest BCUT2D eigenvalue weighted by molar-refractivity contribution is 8.14. The van der Waals surface area contributed by atoms with E-state index in [4.69, 9.17) is 0 Å². The molecule has 1 N–H and O–H groups in total. The van der Waals surface area contributed by atoms with Crippen molar-refractivity contribution in [3.8, 4) is 0 Å². The molecule has 2 rings (SSSR count). The number of amides is 1. The molecular weight excluding hydrogens is 252 g/mol. The third-order valence-electron chi connectivity index (χ3n) is 2.77. The maximum absolute atomic E-state index is 11.9. The minimum atomic E-state index is -0.133. The van der Waals surface area contributed by atoms with Crippen LogP contribution >= 0.6 is 11.8 Å². The lowest BCUT2D eigenvalue weighted by Crippen LogP contribution is -2.26. The Morgan fingerprint density at radius 2 is 2.44 bits per heavy atom. The van der Waals surface area contributed by atoms with Crippen molar-refractivity contribution in [3.05, 3.63) is 24.0 Å². The minimum absolute atomic E-state index is 0.0123. The Labute approximate surface area is 109 Å². The quantitative estimate of drug-likeness (QED) is 0.882. The molecule has 1 unspecified atom stereocenters. The van der Waals surface area contributed by atoms with Gasteiger partial charge in [-0.05, 0) is 6.07 Å². The molecule has 96 valence electrons. The van der Waals surface area contributed by atoms with Gasteiger partial charge in [-0.15, -0.1) is 0 Å². The number of nitrogens with zero attached hydrogens (tertiary/aromatic N) is 2. The second-order valence-electron chi connectivity index (χ2n) is 4.10. The van der Waals surface area contributed by atoms with Crippen LogP contribution < -0.4 is 4.90 Å². The summed E-state index contributed by atoms with van der Waals surface area (Å²) in [6.07, 6.45) is 3.51. The smallest absolute Gasteiger partial charge is 0.228 e. The van der Waals surface area contributed by atoms with Crippen molar-refractivity contribution < 1.29 is 14.7 Å². The van der Waals surface area contributed by atoms with Gasteiger partial charge in [-0.1, -0.05) is 11.8 Å². The van der Waals surface area contributed by atoms with Gasteiger partial charge >= 0.3 is 0 Å². The van der Waals surface area contributed by atoms with E-state index in [9.17, 15) is 14.7 Å². The van der Waals surface area contributed by atoms with Gasteiger partial charge in [0.2, 0.25) is 5.91 Å². The predicted molar refractivity (Wildman–Crippen MR) is 69.2 cm³/mol. The van der Waals surface area contributed by atoms with Gasteiger partial charge in [-0.3, -0.25) is 14.6 Å². The van der Waals surface area contributed by atoms with Crippen LogP contribution in [-0.2, 0) is 16.2 Å². The Kier molecular flexibility index (Phi) is 3.98. The molecule has 0 radical (unpaired) electrons. The number of carbonyl (C=O) groups excluding carboxylic acids is 2. The van der Waals surface area contributed by atoms with Gasteiger partial charge in [-0.2, -0.15) is 0 Å². The van der Waals surface area contributed by atoms with Crippen LogP contribution in [0.4, 0.5) is 5.69 Å². The average molecular weight is 266 g/mol. The Bertz CT molecular complexity index is 478. The lowest BCUT2D eigenvalue weighted by atomic mass is 10.2. The van der Waals surface area contributed by atoms with Crippen LogP contribution in [0.5, 0.6) is 0 Å². The summed E-state index contributed by atoms with van der Waals surface area (Å²) in [6, 6.07) is 1.69. The Hall–Kier alpha value is -1.40. The van der Waals surface area contributed by atoms with Crippen LogP contribution in [0.2, 0.25) is 0 Å². The standard InChI is InChI=1S/C12H14N2O3S/c1-8(16)18-10-4-12(17)14(6-10)11-5-13-3-2-9(11)7-15/h2-3,5,10,15H,4,6-7H2,1H3. The van der Waals surface area contributed by atoms with Crippen molar-refractivity contribution >= 4 is 28.5 Å². The van der Waals surface area contributed by atoms with E-state index in [0.29, 0.717) is 24.2 Å². The molecule has 0 spiro atoms. The molecule has 0 aromatic carbocycles. The van der Waals surface area contributed by atoms with Gasteiger partial charge in [0.15, 0.2) is 5.12 Å². The van der Waals surface area contributed by atoms with E-state index in [-0.39, 0.29) is 22.9 Å². The maximum Gasteiger partial charge on any atom is 0.228 e. The third-order valence-corrected chi connectivity index (χ3v) is 3.75. The highest BCUT2D eigenvalue weighted by Gasteiger charge is 2.32. The first kappa shape index (κ1) is 13.0. The van der Waals surface area contributed by atoms with Crippen molar-refractivity contribution in [2.75, 3.05) is 11.4 Å². The molecule has 1 amide bonds. The van der Waals surface area contributed by atoms with Crippen LogP contribution in [0, 0.1) is 0 Å².